The maximum absolute atomic E-state index is 12.0. The normalized spacial score (nSPS) is 12.9. The van der Waals surface area contributed by atoms with Gasteiger partial charge < -0.3 is 0 Å². The standard InChI is InChI=1S/C9H9ClF3N3/c1-6-3-4-16(14-2)8(7(6)10)15-5-9(11,12)13/h3-4H,2,5H2,1H3/b15-8-. The van der Waals surface area contributed by atoms with Gasteiger partial charge in [0, 0.05) is 12.9 Å². The Balaban J connectivity index is 3.30. The first-order chi connectivity index (χ1) is 7.35. The van der Waals surface area contributed by atoms with Crippen molar-refractivity contribution in [3.05, 3.63) is 28.3 Å². The molecule has 0 amide bonds. The van der Waals surface area contributed by atoms with Crippen LogP contribution in [-0.2, 0) is 0 Å². The number of pyridine rings is 1. The summed E-state index contributed by atoms with van der Waals surface area (Å²) in [6.07, 6.45) is -2.92. The monoisotopic (exact) mass is 251 g/mol. The third-order valence-electron chi connectivity index (χ3n) is 1.79. The van der Waals surface area contributed by atoms with Crippen molar-refractivity contribution in [2.45, 2.75) is 13.1 Å². The van der Waals surface area contributed by atoms with Gasteiger partial charge in [0.1, 0.15) is 6.54 Å². The van der Waals surface area contributed by atoms with Crippen molar-refractivity contribution in [1.29, 1.82) is 0 Å². The Labute approximate surface area is 94.9 Å². The first-order valence-electron chi connectivity index (χ1n) is 4.27. The van der Waals surface area contributed by atoms with Crippen molar-refractivity contribution in [2.24, 2.45) is 10.1 Å². The van der Waals surface area contributed by atoms with Crippen LogP contribution >= 0.6 is 11.6 Å². The van der Waals surface area contributed by atoms with Crippen molar-refractivity contribution >= 4 is 18.3 Å². The molecule has 0 aromatic carbocycles. The van der Waals surface area contributed by atoms with Gasteiger partial charge in [-0.2, -0.15) is 18.3 Å². The molecule has 1 rings (SSSR count). The fourth-order valence-corrected chi connectivity index (χ4v) is 1.23. The van der Waals surface area contributed by atoms with Gasteiger partial charge in [-0.3, -0.25) is 4.99 Å². The first-order valence-corrected chi connectivity index (χ1v) is 4.65. The van der Waals surface area contributed by atoms with E-state index in [2.05, 4.69) is 16.8 Å². The summed E-state index contributed by atoms with van der Waals surface area (Å²) in [6.45, 7) is 3.59. The van der Waals surface area contributed by atoms with Crippen LogP contribution in [0.15, 0.2) is 22.4 Å². The second-order valence-electron chi connectivity index (χ2n) is 3.05. The largest absolute Gasteiger partial charge is 0.408 e. The lowest BCUT2D eigenvalue weighted by molar-refractivity contribution is -0.118. The van der Waals surface area contributed by atoms with E-state index in [0.29, 0.717) is 5.56 Å². The van der Waals surface area contributed by atoms with Gasteiger partial charge in [-0.1, -0.05) is 11.6 Å². The molecule has 0 N–H and O–H groups in total. The molecule has 1 aromatic heterocycles. The second kappa shape index (κ2) is 4.69. The molecular formula is C9H9ClF3N3. The zero-order chi connectivity index (χ0) is 12.3. The van der Waals surface area contributed by atoms with Crippen LogP contribution in [0.1, 0.15) is 5.56 Å². The van der Waals surface area contributed by atoms with Gasteiger partial charge in [0.15, 0.2) is 5.49 Å². The van der Waals surface area contributed by atoms with E-state index in [1.54, 1.807) is 13.0 Å². The third-order valence-corrected chi connectivity index (χ3v) is 2.25. The van der Waals surface area contributed by atoms with Crippen LogP contribution in [0.2, 0.25) is 5.02 Å². The molecule has 0 aliphatic heterocycles. The predicted octanol–water partition coefficient (Wildman–Crippen LogP) is 2.38. The third kappa shape index (κ3) is 3.10. The number of alkyl halides is 3. The van der Waals surface area contributed by atoms with Gasteiger partial charge in [0.2, 0.25) is 0 Å². The van der Waals surface area contributed by atoms with Crippen LogP contribution < -0.4 is 5.49 Å². The fraction of sp³-hybridized carbons (Fsp3) is 0.333. The smallest absolute Gasteiger partial charge is 0.256 e. The summed E-state index contributed by atoms with van der Waals surface area (Å²) in [5.41, 5.74) is 0.580. The molecule has 1 heterocycles. The molecule has 7 heteroatoms. The zero-order valence-corrected chi connectivity index (χ0v) is 9.18. The molecule has 0 atom stereocenters. The van der Waals surface area contributed by atoms with Crippen molar-refractivity contribution < 1.29 is 13.2 Å². The fourth-order valence-electron chi connectivity index (χ4n) is 1.02. The van der Waals surface area contributed by atoms with E-state index in [-0.39, 0.29) is 10.5 Å². The van der Waals surface area contributed by atoms with Gasteiger partial charge >= 0.3 is 6.18 Å². The summed E-state index contributed by atoms with van der Waals surface area (Å²) < 4.78 is 37.1. The predicted molar refractivity (Wildman–Crippen MR) is 55.6 cm³/mol. The lowest BCUT2D eigenvalue weighted by Gasteiger charge is -2.06. The first kappa shape index (κ1) is 12.8. The number of rotatable bonds is 2. The molecule has 0 radical (unpaired) electrons. The van der Waals surface area contributed by atoms with Crippen molar-refractivity contribution in [3.63, 3.8) is 0 Å². The molecule has 0 saturated carbocycles. The van der Waals surface area contributed by atoms with Gasteiger partial charge in [-0.15, -0.1) is 0 Å². The van der Waals surface area contributed by atoms with Gasteiger partial charge in [0.05, 0.1) is 5.02 Å². The van der Waals surface area contributed by atoms with Crippen molar-refractivity contribution in [1.82, 2.24) is 4.68 Å². The molecule has 0 aliphatic rings. The Hall–Kier alpha value is -1.30. The van der Waals surface area contributed by atoms with E-state index in [1.807, 2.05) is 0 Å². The lowest BCUT2D eigenvalue weighted by Crippen LogP contribution is -2.23. The number of hydrogen-bond donors (Lipinski definition) is 0. The molecule has 0 aliphatic carbocycles. The maximum Gasteiger partial charge on any atom is 0.408 e. The number of halogens is 4. The average Bonchev–Trinajstić information content (AvgIpc) is 2.19. The lowest BCUT2D eigenvalue weighted by atomic mass is 10.3. The quantitative estimate of drug-likeness (QED) is 0.723. The Morgan fingerprint density at radius 3 is 2.62 bits per heavy atom. The van der Waals surface area contributed by atoms with E-state index in [9.17, 15) is 13.2 Å². The molecule has 16 heavy (non-hydrogen) atoms. The highest BCUT2D eigenvalue weighted by molar-refractivity contribution is 6.31. The van der Waals surface area contributed by atoms with Crippen LogP contribution in [0, 0.1) is 6.92 Å². The Morgan fingerprint density at radius 2 is 2.12 bits per heavy atom. The summed E-state index contributed by atoms with van der Waals surface area (Å²) in [7, 11) is 0. The summed E-state index contributed by atoms with van der Waals surface area (Å²) >= 11 is 5.84. The highest BCUT2D eigenvalue weighted by Gasteiger charge is 2.26. The highest BCUT2D eigenvalue weighted by Crippen LogP contribution is 2.14. The number of aryl methyl sites for hydroxylation is 1. The minimum Gasteiger partial charge on any atom is -0.256 e. The topological polar surface area (TPSA) is 29.6 Å². The minimum absolute atomic E-state index is 0.0472. The van der Waals surface area contributed by atoms with Crippen LogP contribution in [0.4, 0.5) is 13.2 Å². The Bertz CT molecular complexity index is 462. The Kier molecular flexibility index (Phi) is 3.74. The zero-order valence-electron chi connectivity index (χ0n) is 8.42. The summed E-state index contributed by atoms with van der Waals surface area (Å²) in [4.78, 5) is 3.38. The SMILES string of the molecule is C=Nn1ccc(C)c(Cl)/c1=N/CC(F)(F)F. The molecule has 0 unspecified atom stereocenters. The van der Waals surface area contributed by atoms with Gasteiger partial charge in [-0.05, 0) is 18.6 Å². The maximum atomic E-state index is 12.0. The number of hydrogen-bond acceptors (Lipinski definition) is 2. The van der Waals surface area contributed by atoms with E-state index < -0.39 is 12.7 Å². The molecular weight excluding hydrogens is 243 g/mol. The van der Waals surface area contributed by atoms with Crippen LogP contribution in [0.3, 0.4) is 0 Å². The molecule has 0 fully saturated rings. The van der Waals surface area contributed by atoms with E-state index in [1.165, 1.54) is 6.20 Å². The highest BCUT2D eigenvalue weighted by atomic mass is 35.5. The van der Waals surface area contributed by atoms with Crippen LogP contribution in [0.25, 0.3) is 0 Å². The number of nitrogens with zero attached hydrogens (tertiary/aromatic N) is 3. The van der Waals surface area contributed by atoms with Crippen LogP contribution in [0.5, 0.6) is 0 Å². The molecule has 3 nitrogen and oxygen atoms in total. The Morgan fingerprint density at radius 1 is 1.50 bits per heavy atom. The number of aromatic nitrogens is 1. The van der Waals surface area contributed by atoms with Gasteiger partial charge in [0.25, 0.3) is 0 Å². The van der Waals surface area contributed by atoms with E-state index >= 15 is 0 Å². The van der Waals surface area contributed by atoms with Crippen molar-refractivity contribution in [3.8, 4) is 0 Å². The summed E-state index contributed by atoms with van der Waals surface area (Å²) in [5, 5.41) is 3.63. The van der Waals surface area contributed by atoms with E-state index in [0.717, 1.165) is 4.68 Å². The summed E-state index contributed by atoms with van der Waals surface area (Å²) in [6, 6.07) is 1.61. The molecule has 0 bridgehead atoms. The second-order valence-corrected chi connectivity index (χ2v) is 3.43. The minimum atomic E-state index is -4.37. The molecule has 1 aromatic rings. The van der Waals surface area contributed by atoms with Crippen LogP contribution in [-0.4, -0.2) is 24.1 Å². The molecule has 0 spiro atoms. The summed E-state index contributed by atoms with van der Waals surface area (Å²) in [5.74, 6) is 0. The molecule has 88 valence electrons. The molecule has 0 saturated heterocycles. The van der Waals surface area contributed by atoms with Crippen molar-refractivity contribution in [2.75, 3.05) is 6.54 Å². The van der Waals surface area contributed by atoms with Gasteiger partial charge in [-0.25, -0.2) is 4.68 Å². The van der Waals surface area contributed by atoms with E-state index in [4.69, 9.17) is 11.6 Å². The average molecular weight is 252 g/mol.